The number of hydrogen-bond acceptors (Lipinski definition) is 7. The van der Waals surface area contributed by atoms with Crippen molar-refractivity contribution in [3.63, 3.8) is 0 Å². The maximum absolute atomic E-state index is 12.8. The molecule has 33 heavy (non-hydrogen) atoms. The molecule has 0 aliphatic carbocycles. The fraction of sp³-hybridized carbons (Fsp3) is 0.261. The summed E-state index contributed by atoms with van der Waals surface area (Å²) < 4.78 is 37.7. The molecule has 0 atom stereocenters. The minimum absolute atomic E-state index is 0.0675. The van der Waals surface area contributed by atoms with E-state index in [4.69, 9.17) is 31.6 Å². The van der Waals surface area contributed by atoms with Gasteiger partial charge in [0.15, 0.2) is 11.5 Å². The molecule has 0 aromatic heterocycles. The Morgan fingerprint density at radius 1 is 1.09 bits per heavy atom. The number of benzene rings is 2. The fourth-order valence-electron chi connectivity index (χ4n) is 3.39. The van der Waals surface area contributed by atoms with Gasteiger partial charge in [-0.15, -0.1) is 0 Å². The number of carbonyl (C=O) groups is 1. The third-order valence-electron chi connectivity index (χ3n) is 5.19. The van der Waals surface area contributed by atoms with E-state index in [2.05, 4.69) is 0 Å². The van der Waals surface area contributed by atoms with Crippen molar-refractivity contribution in [3.8, 4) is 23.6 Å². The number of methoxy groups -OCH3 is 1. The molecule has 3 rings (SSSR count). The van der Waals surface area contributed by atoms with E-state index in [0.29, 0.717) is 23.4 Å². The molecule has 1 aliphatic heterocycles. The number of sulfonamides is 1. The van der Waals surface area contributed by atoms with Crippen LogP contribution in [0.1, 0.15) is 18.4 Å². The van der Waals surface area contributed by atoms with Gasteiger partial charge in [-0.1, -0.05) is 17.7 Å². The Labute approximate surface area is 197 Å². The van der Waals surface area contributed by atoms with E-state index in [0.717, 1.165) is 0 Å². The van der Waals surface area contributed by atoms with Gasteiger partial charge in [-0.05, 0) is 60.9 Å². The van der Waals surface area contributed by atoms with Crippen LogP contribution in [0.15, 0.2) is 52.9 Å². The molecule has 0 N–H and O–H groups in total. The second-order valence-electron chi connectivity index (χ2n) is 7.25. The van der Waals surface area contributed by atoms with Gasteiger partial charge in [-0.2, -0.15) is 14.8 Å². The molecule has 8 nitrogen and oxygen atoms in total. The Morgan fingerprint density at radius 3 is 2.30 bits per heavy atom. The molecule has 10 heteroatoms. The number of hydrogen-bond donors (Lipinski definition) is 0. The van der Waals surface area contributed by atoms with Crippen LogP contribution < -0.4 is 9.47 Å². The zero-order valence-corrected chi connectivity index (χ0v) is 19.3. The number of carbonyl (C=O) groups excluding carboxylic acids is 1. The molecule has 0 amide bonds. The minimum atomic E-state index is -3.67. The van der Waals surface area contributed by atoms with Crippen LogP contribution in [0.5, 0.6) is 11.5 Å². The smallest absolute Gasteiger partial charge is 0.314 e. The third kappa shape index (κ3) is 5.71. The predicted octanol–water partition coefficient (Wildman–Crippen LogP) is 3.79. The Morgan fingerprint density at radius 2 is 1.73 bits per heavy atom. The number of allylic oxidation sites excluding steroid dienone is 1. The van der Waals surface area contributed by atoms with Crippen LogP contribution in [0.3, 0.4) is 0 Å². The first kappa shape index (κ1) is 24.3. The average Bonchev–Trinajstić information content (AvgIpc) is 2.83. The quantitative estimate of drug-likeness (QED) is 0.346. The van der Waals surface area contributed by atoms with E-state index in [1.807, 2.05) is 0 Å². The topological polar surface area (TPSA) is 120 Å². The summed E-state index contributed by atoms with van der Waals surface area (Å²) in [5.41, 5.74) is 0.479. The van der Waals surface area contributed by atoms with E-state index in [9.17, 15) is 13.2 Å². The van der Waals surface area contributed by atoms with Gasteiger partial charge >= 0.3 is 5.97 Å². The van der Waals surface area contributed by atoms with Gasteiger partial charge in [0.25, 0.3) is 0 Å². The second-order valence-corrected chi connectivity index (χ2v) is 9.62. The molecule has 0 bridgehead atoms. The largest absolute Gasteiger partial charge is 0.493 e. The van der Waals surface area contributed by atoms with Crippen molar-refractivity contribution in [1.82, 2.24) is 4.31 Å². The van der Waals surface area contributed by atoms with E-state index in [1.54, 1.807) is 24.3 Å². The molecule has 0 radical (unpaired) electrons. The standard InChI is InChI=1S/C23H20ClN3O5S/c1-31-22-13-16(12-17(14-25)15-26)2-7-21(22)32-23(28)18-8-10-27(11-9-18)33(29,30)20-5-3-19(24)4-6-20/h2-7,12-13,18H,8-11H2,1H3. The Kier molecular flexibility index (Phi) is 7.72. The molecule has 0 unspecified atom stereocenters. The number of esters is 1. The highest BCUT2D eigenvalue weighted by atomic mass is 35.5. The molecule has 0 spiro atoms. The van der Waals surface area contributed by atoms with Gasteiger partial charge < -0.3 is 9.47 Å². The first-order chi connectivity index (χ1) is 15.8. The van der Waals surface area contributed by atoms with E-state index in [-0.39, 0.29) is 35.1 Å². The van der Waals surface area contributed by atoms with Gasteiger partial charge in [0.05, 0.1) is 17.9 Å². The van der Waals surface area contributed by atoms with Gasteiger partial charge in [0.1, 0.15) is 17.7 Å². The highest BCUT2D eigenvalue weighted by Gasteiger charge is 2.33. The zero-order valence-electron chi connectivity index (χ0n) is 17.7. The van der Waals surface area contributed by atoms with Gasteiger partial charge in [0.2, 0.25) is 10.0 Å². The Balaban J connectivity index is 1.66. The van der Waals surface area contributed by atoms with Crippen molar-refractivity contribution in [3.05, 3.63) is 58.6 Å². The highest BCUT2D eigenvalue weighted by molar-refractivity contribution is 7.89. The molecular formula is C23H20ClN3O5S. The van der Waals surface area contributed by atoms with Gasteiger partial charge in [0, 0.05) is 18.1 Å². The van der Waals surface area contributed by atoms with Crippen LogP contribution in [0.2, 0.25) is 5.02 Å². The molecule has 1 fully saturated rings. The maximum atomic E-state index is 12.8. The Bertz CT molecular complexity index is 1240. The van der Waals surface area contributed by atoms with Crippen LogP contribution in [0.4, 0.5) is 0 Å². The highest BCUT2D eigenvalue weighted by Crippen LogP contribution is 2.31. The first-order valence-corrected chi connectivity index (χ1v) is 11.8. The van der Waals surface area contributed by atoms with Crippen LogP contribution in [-0.2, 0) is 14.8 Å². The zero-order chi connectivity index (χ0) is 24.0. The number of nitrogens with zero attached hydrogens (tertiary/aromatic N) is 3. The normalized spacial score (nSPS) is 14.5. The average molecular weight is 486 g/mol. The summed E-state index contributed by atoms with van der Waals surface area (Å²) in [5, 5.41) is 18.2. The van der Waals surface area contributed by atoms with E-state index in [1.165, 1.54) is 47.8 Å². The SMILES string of the molecule is COc1cc(C=C(C#N)C#N)ccc1OC(=O)C1CCN(S(=O)(=O)c2ccc(Cl)cc2)CC1. The lowest BCUT2D eigenvalue weighted by atomic mass is 9.98. The molecule has 0 saturated carbocycles. The van der Waals surface area contributed by atoms with Crippen LogP contribution in [0, 0.1) is 28.6 Å². The summed E-state index contributed by atoms with van der Waals surface area (Å²) in [5.74, 6) is -0.467. The number of piperidine rings is 1. The van der Waals surface area contributed by atoms with Crippen molar-refractivity contribution in [2.24, 2.45) is 5.92 Å². The van der Waals surface area contributed by atoms with Crippen LogP contribution >= 0.6 is 11.6 Å². The molecule has 1 saturated heterocycles. The van der Waals surface area contributed by atoms with Gasteiger partial charge in [-0.3, -0.25) is 4.79 Å². The van der Waals surface area contributed by atoms with Crippen molar-refractivity contribution in [1.29, 1.82) is 10.5 Å². The molecule has 170 valence electrons. The fourth-order valence-corrected chi connectivity index (χ4v) is 4.99. The van der Waals surface area contributed by atoms with Crippen molar-refractivity contribution >= 4 is 33.7 Å². The van der Waals surface area contributed by atoms with Crippen molar-refractivity contribution < 1.29 is 22.7 Å². The van der Waals surface area contributed by atoms with Crippen molar-refractivity contribution in [2.45, 2.75) is 17.7 Å². The first-order valence-electron chi connectivity index (χ1n) is 9.96. The van der Waals surface area contributed by atoms with E-state index >= 15 is 0 Å². The van der Waals surface area contributed by atoms with Crippen LogP contribution in [-0.4, -0.2) is 38.9 Å². The molecular weight excluding hydrogens is 466 g/mol. The third-order valence-corrected chi connectivity index (χ3v) is 7.35. The number of halogens is 1. The lowest BCUT2D eigenvalue weighted by Crippen LogP contribution is -2.41. The summed E-state index contributed by atoms with van der Waals surface area (Å²) in [7, 11) is -2.25. The number of rotatable bonds is 6. The monoisotopic (exact) mass is 485 g/mol. The Hall–Kier alpha value is -3.37. The summed E-state index contributed by atoms with van der Waals surface area (Å²) >= 11 is 5.84. The molecule has 2 aromatic rings. The van der Waals surface area contributed by atoms with Crippen LogP contribution in [0.25, 0.3) is 6.08 Å². The number of ether oxygens (including phenoxy) is 2. The van der Waals surface area contributed by atoms with E-state index < -0.39 is 21.9 Å². The molecule has 1 heterocycles. The van der Waals surface area contributed by atoms with Gasteiger partial charge in [-0.25, -0.2) is 8.42 Å². The second kappa shape index (κ2) is 10.5. The summed E-state index contributed by atoms with van der Waals surface area (Å²) in [6, 6.07) is 14.2. The lowest BCUT2D eigenvalue weighted by molar-refractivity contribution is -0.140. The van der Waals surface area contributed by atoms with Crippen molar-refractivity contribution in [2.75, 3.05) is 20.2 Å². The predicted molar refractivity (Wildman–Crippen MR) is 121 cm³/mol. The summed E-state index contributed by atoms with van der Waals surface area (Å²) in [6.07, 6.45) is 2.04. The summed E-state index contributed by atoms with van der Waals surface area (Å²) in [4.78, 5) is 12.9. The lowest BCUT2D eigenvalue weighted by Gasteiger charge is -2.30. The minimum Gasteiger partial charge on any atom is -0.493 e. The molecule has 2 aromatic carbocycles. The summed E-state index contributed by atoms with van der Waals surface area (Å²) in [6.45, 7) is 0.382. The number of nitriles is 2. The molecule has 1 aliphatic rings. The maximum Gasteiger partial charge on any atom is 0.314 e.